The Balaban J connectivity index is 2.70. The minimum atomic E-state index is -1.22. The average molecular weight is 192 g/mol. The van der Waals surface area contributed by atoms with Gasteiger partial charge >= 0.3 is 5.69 Å². The zero-order chi connectivity index (χ0) is 9.19. The van der Waals surface area contributed by atoms with Gasteiger partial charge in [0.25, 0.3) is 0 Å². The number of halogens is 1. The number of rotatable bonds is 3. The van der Waals surface area contributed by atoms with E-state index in [9.17, 15) is 9.90 Å². The van der Waals surface area contributed by atoms with Gasteiger partial charge in [-0.2, -0.15) is 0 Å². The number of aromatic amines is 2. The van der Waals surface area contributed by atoms with Gasteiger partial charge in [-0.25, -0.2) is 9.63 Å². The van der Waals surface area contributed by atoms with E-state index >= 15 is 0 Å². The van der Waals surface area contributed by atoms with Crippen molar-refractivity contribution in [2.24, 2.45) is 0 Å². The Morgan fingerprint density at radius 3 is 2.92 bits per heavy atom. The molecule has 12 heavy (non-hydrogen) atoms. The molecular weight excluding hydrogens is 182 g/mol. The van der Waals surface area contributed by atoms with Gasteiger partial charge in [-0.05, 0) is 18.7 Å². The standard InChI is InChI=1S/C6H10ClN3O2/c1-6(12,10-7)2-4-3-8-5(11)9-4/h3,10,12H,2H2,1H3,(H2,8,9,11). The average Bonchev–Trinajstić information content (AvgIpc) is 2.35. The van der Waals surface area contributed by atoms with Crippen molar-refractivity contribution < 1.29 is 5.11 Å². The molecule has 0 aliphatic heterocycles. The van der Waals surface area contributed by atoms with Gasteiger partial charge in [0.1, 0.15) is 5.72 Å². The lowest BCUT2D eigenvalue weighted by Crippen LogP contribution is -2.38. The lowest BCUT2D eigenvalue weighted by molar-refractivity contribution is 0.0486. The predicted octanol–water partition coefficient (Wildman–Crippen LogP) is -0.303. The molecule has 0 saturated carbocycles. The Kier molecular flexibility index (Phi) is 2.56. The van der Waals surface area contributed by atoms with Gasteiger partial charge in [-0.3, -0.25) is 0 Å². The summed E-state index contributed by atoms with van der Waals surface area (Å²) in [6, 6.07) is 0. The fourth-order valence-electron chi connectivity index (χ4n) is 0.870. The summed E-state index contributed by atoms with van der Waals surface area (Å²) in [5, 5.41) is 9.41. The molecule has 0 aromatic carbocycles. The van der Waals surface area contributed by atoms with Crippen LogP contribution >= 0.6 is 11.8 Å². The molecule has 0 bridgehead atoms. The number of hydrogen-bond acceptors (Lipinski definition) is 3. The molecule has 4 N–H and O–H groups in total. The van der Waals surface area contributed by atoms with Gasteiger partial charge in [0, 0.05) is 18.3 Å². The molecule has 0 amide bonds. The van der Waals surface area contributed by atoms with Gasteiger partial charge in [-0.15, -0.1) is 0 Å². The number of nitrogens with one attached hydrogen (secondary N) is 3. The summed E-state index contributed by atoms with van der Waals surface area (Å²) in [4.78, 5) is 17.7. The van der Waals surface area contributed by atoms with Gasteiger partial charge in [0.2, 0.25) is 0 Å². The van der Waals surface area contributed by atoms with Crippen LogP contribution in [-0.2, 0) is 6.42 Å². The van der Waals surface area contributed by atoms with Crippen LogP contribution in [0.2, 0.25) is 0 Å². The van der Waals surface area contributed by atoms with Crippen molar-refractivity contribution in [3.05, 3.63) is 22.4 Å². The summed E-state index contributed by atoms with van der Waals surface area (Å²) in [6.45, 7) is 1.51. The number of imidazole rings is 1. The highest BCUT2D eigenvalue weighted by Crippen LogP contribution is 2.06. The van der Waals surface area contributed by atoms with Crippen LogP contribution < -0.4 is 10.5 Å². The van der Waals surface area contributed by atoms with Gasteiger partial charge in [-0.1, -0.05) is 0 Å². The van der Waals surface area contributed by atoms with E-state index in [2.05, 4.69) is 14.8 Å². The van der Waals surface area contributed by atoms with Crippen LogP contribution in [0.15, 0.2) is 11.0 Å². The first-order chi connectivity index (χ1) is 5.53. The maximum Gasteiger partial charge on any atom is 0.323 e. The number of aromatic nitrogens is 2. The smallest absolute Gasteiger partial charge is 0.323 e. The largest absolute Gasteiger partial charge is 0.375 e. The molecule has 0 fully saturated rings. The highest BCUT2D eigenvalue weighted by atomic mass is 35.5. The SMILES string of the molecule is CC(O)(Cc1c[nH]c(=O)[nH]1)NCl. The highest BCUT2D eigenvalue weighted by molar-refractivity contribution is 6.13. The molecule has 1 unspecified atom stereocenters. The van der Waals surface area contributed by atoms with Crippen LogP contribution in [0.5, 0.6) is 0 Å². The third-order valence-corrected chi connectivity index (χ3v) is 1.80. The second-order valence-corrected chi connectivity index (χ2v) is 3.00. The van der Waals surface area contributed by atoms with E-state index in [0.717, 1.165) is 0 Å². The number of aliphatic hydroxyl groups is 1. The summed E-state index contributed by atoms with van der Waals surface area (Å²) in [6.07, 6.45) is 1.72. The van der Waals surface area contributed by atoms with Crippen molar-refractivity contribution >= 4 is 11.8 Å². The minimum absolute atomic E-state index is 0.231. The topological polar surface area (TPSA) is 80.9 Å². The fourth-order valence-corrected chi connectivity index (χ4v) is 0.937. The third kappa shape index (κ3) is 2.37. The highest BCUT2D eigenvalue weighted by Gasteiger charge is 2.19. The minimum Gasteiger partial charge on any atom is -0.375 e. The van der Waals surface area contributed by atoms with Crippen LogP contribution in [0, 0.1) is 0 Å². The maximum absolute atomic E-state index is 10.6. The molecule has 6 heteroatoms. The van der Waals surface area contributed by atoms with Crippen LogP contribution in [0.3, 0.4) is 0 Å². The van der Waals surface area contributed by atoms with Gasteiger partial charge in [0.05, 0.1) is 0 Å². The Bertz CT molecular complexity index is 304. The van der Waals surface area contributed by atoms with E-state index in [1.54, 1.807) is 0 Å². The van der Waals surface area contributed by atoms with Crippen molar-refractivity contribution in [1.82, 2.24) is 14.8 Å². The molecule has 1 atom stereocenters. The molecule has 0 saturated heterocycles. The maximum atomic E-state index is 10.6. The van der Waals surface area contributed by atoms with Crippen LogP contribution in [0.1, 0.15) is 12.6 Å². The monoisotopic (exact) mass is 191 g/mol. The Morgan fingerprint density at radius 2 is 2.50 bits per heavy atom. The summed E-state index contributed by atoms with van der Waals surface area (Å²) in [5.41, 5.74) is -0.916. The second kappa shape index (κ2) is 3.30. The van der Waals surface area contributed by atoms with E-state index in [1.165, 1.54) is 13.1 Å². The van der Waals surface area contributed by atoms with E-state index in [1.807, 2.05) is 0 Å². The molecule has 0 spiro atoms. The lowest BCUT2D eigenvalue weighted by atomic mass is 10.1. The molecule has 1 aromatic rings. The van der Waals surface area contributed by atoms with Gasteiger partial charge < -0.3 is 15.1 Å². The van der Waals surface area contributed by atoms with E-state index in [0.29, 0.717) is 5.69 Å². The molecule has 5 nitrogen and oxygen atoms in total. The quantitative estimate of drug-likeness (QED) is 0.391. The van der Waals surface area contributed by atoms with Crippen LogP contribution in [0.4, 0.5) is 0 Å². The summed E-state index contributed by atoms with van der Waals surface area (Å²) < 4.78 is 0. The van der Waals surface area contributed by atoms with E-state index in [-0.39, 0.29) is 12.1 Å². The zero-order valence-electron chi connectivity index (χ0n) is 6.52. The number of H-pyrrole nitrogens is 2. The molecule has 0 radical (unpaired) electrons. The first kappa shape index (κ1) is 9.31. The van der Waals surface area contributed by atoms with Crippen molar-refractivity contribution in [3.8, 4) is 0 Å². The first-order valence-corrected chi connectivity index (χ1v) is 3.78. The molecule has 1 aromatic heterocycles. The molecule has 1 rings (SSSR count). The van der Waals surface area contributed by atoms with Crippen LogP contribution in [-0.4, -0.2) is 20.8 Å². The molecule has 0 aliphatic rings. The Hall–Kier alpha value is -0.780. The van der Waals surface area contributed by atoms with Crippen molar-refractivity contribution in [2.75, 3.05) is 0 Å². The van der Waals surface area contributed by atoms with Crippen molar-refractivity contribution in [3.63, 3.8) is 0 Å². The molecule has 68 valence electrons. The van der Waals surface area contributed by atoms with E-state index in [4.69, 9.17) is 11.8 Å². The van der Waals surface area contributed by atoms with Crippen LogP contribution in [0.25, 0.3) is 0 Å². The number of hydrogen-bond donors (Lipinski definition) is 4. The Labute approximate surface area is 73.9 Å². The lowest BCUT2D eigenvalue weighted by Gasteiger charge is -2.19. The van der Waals surface area contributed by atoms with Crippen molar-refractivity contribution in [2.45, 2.75) is 19.1 Å². The Morgan fingerprint density at radius 1 is 1.83 bits per heavy atom. The van der Waals surface area contributed by atoms with Gasteiger partial charge in [0.15, 0.2) is 0 Å². The van der Waals surface area contributed by atoms with E-state index < -0.39 is 5.72 Å². The molecule has 1 heterocycles. The van der Waals surface area contributed by atoms with Crippen molar-refractivity contribution in [1.29, 1.82) is 0 Å². The summed E-state index contributed by atoms with van der Waals surface area (Å²) >= 11 is 5.25. The normalized spacial score (nSPS) is 15.9. The molecule has 0 aliphatic carbocycles. The first-order valence-electron chi connectivity index (χ1n) is 3.40. The fraction of sp³-hybridized carbons (Fsp3) is 0.500. The second-order valence-electron chi connectivity index (χ2n) is 2.81. The summed E-state index contributed by atoms with van der Waals surface area (Å²) in [7, 11) is 0. The summed E-state index contributed by atoms with van der Waals surface area (Å²) in [5.74, 6) is 0. The zero-order valence-corrected chi connectivity index (χ0v) is 7.27. The third-order valence-electron chi connectivity index (χ3n) is 1.39. The predicted molar refractivity (Wildman–Crippen MR) is 44.7 cm³/mol. The molecular formula is C6H10ClN3O2.